The van der Waals surface area contributed by atoms with E-state index in [4.69, 9.17) is 5.73 Å². The molecule has 2 aromatic rings. The van der Waals surface area contributed by atoms with Crippen molar-refractivity contribution in [3.05, 3.63) is 27.1 Å². The Labute approximate surface area is 75.3 Å². The maximum absolute atomic E-state index is 11.0. The molecule has 0 spiro atoms. The van der Waals surface area contributed by atoms with Crippen LogP contribution in [0.2, 0.25) is 0 Å². The molecular weight excluding hydrogens is 224 g/mol. The zero-order chi connectivity index (χ0) is 8.72. The molecule has 0 radical (unpaired) electrons. The summed E-state index contributed by atoms with van der Waals surface area (Å²) in [6.45, 7) is 0. The minimum absolute atomic E-state index is 0.235. The van der Waals surface area contributed by atoms with Crippen LogP contribution in [0.5, 0.6) is 0 Å². The van der Waals surface area contributed by atoms with E-state index in [1.54, 1.807) is 6.20 Å². The van der Waals surface area contributed by atoms with Crippen LogP contribution >= 0.6 is 15.9 Å². The normalized spacial score (nSPS) is 10.8. The quantitative estimate of drug-likeness (QED) is 0.685. The highest BCUT2D eigenvalue weighted by Crippen LogP contribution is 2.14. The van der Waals surface area contributed by atoms with Crippen LogP contribution in [0.25, 0.3) is 5.65 Å². The van der Waals surface area contributed by atoms with Gasteiger partial charge in [0.15, 0.2) is 5.65 Å². The number of aromatic nitrogens is 3. The van der Waals surface area contributed by atoms with Crippen molar-refractivity contribution in [1.29, 1.82) is 0 Å². The van der Waals surface area contributed by atoms with Crippen molar-refractivity contribution in [3.8, 4) is 0 Å². The summed E-state index contributed by atoms with van der Waals surface area (Å²) in [5.74, 6) is 0.319. The topological polar surface area (TPSA) is 76.2 Å². The Morgan fingerprint density at radius 1 is 1.67 bits per heavy atom. The molecule has 0 aromatic carbocycles. The summed E-state index contributed by atoms with van der Waals surface area (Å²) in [5.41, 5.74) is 5.86. The number of nitrogens with two attached hydrogens (primary N) is 1. The van der Waals surface area contributed by atoms with Gasteiger partial charge in [-0.15, -0.1) is 0 Å². The van der Waals surface area contributed by atoms with Gasteiger partial charge < -0.3 is 10.7 Å². The molecular formula is C6H5BrN4O. The summed E-state index contributed by atoms with van der Waals surface area (Å²) >= 11 is 3.23. The highest BCUT2D eigenvalue weighted by atomic mass is 79.9. The molecule has 2 rings (SSSR count). The van der Waals surface area contributed by atoms with E-state index >= 15 is 0 Å². The highest BCUT2D eigenvalue weighted by molar-refractivity contribution is 9.10. The molecule has 2 aromatic heterocycles. The Bertz CT molecular complexity index is 486. The number of halogens is 1. The first kappa shape index (κ1) is 7.35. The van der Waals surface area contributed by atoms with Crippen LogP contribution in [0.15, 0.2) is 21.5 Å². The van der Waals surface area contributed by atoms with Crippen LogP contribution in [0, 0.1) is 0 Å². The van der Waals surface area contributed by atoms with Crippen LogP contribution in [0.1, 0.15) is 0 Å². The molecule has 3 N–H and O–H groups in total. The maximum Gasteiger partial charge on any atom is 0.253 e. The molecule has 2 heterocycles. The van der Waals surface area contributed by atoms with Gasteiger partial charge >= 0.3 is 0 Å². The van der Waals surface area contributed by atoms with Gasteiger partial charge in [0.25, 0.3) is 5.56 Å². The predicted molar refractivity (Wildman–Crippen MR) is 47.9 cm³/mol. The number of rotatable bonds is 0. The van der Waals surface area contributed by atoms with Gasteiger partial charge in [0.05, 0.1) is 10.7 Å². The van der Waals surface area contributed by atoms with Gasteiger partial charge in [0.2, 0.25) is 0 Å². The molecule has 0 amide bonds. The second-order valence-electron chi connectivity index (χ2n) is 2.31. The molecule has 6 heteroatoms. The third-order valence-electron chi connectivity index (χ3n) is 1.49. The van der Waals surface area contributed by atoms with Crippen LogP contribution in [0.4, 0.5) is 5.82 Å². The molecule has 0 bridgehead atoms. The van der Waals surface area contributed by atoms with E-state index in [9.17, 15) is 4.79 Å². The molecule has 0 saturated carbocycles. The fourth-order valence-corrected chi connectivity index (χ4v) is 1.34. The SMILES string of the molecule is Nc1cc(=O)[nH]c2c(Br)cnn12. The molecule has 0 saturated heterocycles. The van der Waals surface area contributed by atoms with Crippen LogP contribution in [0.3, 0.4) is 0 Å². The Balaban J connectivity index is 3.02. The van der Waals surface area contributed by atoms with Crippen molar-refractivity contribution < 1.29 is 0 Å². The number of aromatic amines is 1. The standard InChI is InChI=1S/C6H5BrN4O/c7-3-2-9-11-4(8)1-5(12)10-6(3)11/h1-2H,8H2,(H,10,12). The largest absolute Gasteiger partial charge is 0.383 e. The molecule has 0 aliphatic carbocycles. The van der Waals surface area contributed by atoms with Gasteiger partial charge in [-0.3, -0.25) is 4.79 Å². The van der Waals surface area contributed by atoms with E-state index in [1.807, 2.05) is 0 Å². The number of fused-ring (bicyclic) bond motifs is 1. The number of nitrogens with one attached hydrogen (secondary N) is 1. The van der Waals surface area contributed by atoms with Gasteiger partial charge in [-0.05, 0) is 15.9 Å². The highest BCUT2D eigenvalue weighted by Gasteiger charge is 2.03. The predicted octanol–water partition coefficient (Wildman–Crippen LogP) is 0.367. The molecule has 0 aliphatic heterocycles. The zero-order valence-corrected chi connectivity index (χ0v) is 7.50. The van der Waals surface area contributed by atoms with Gasteiger partial charge in [-0.2, -0.15) is 5.10 Å². The average Bonchev–Trinajstić information content (AvgIpc) is 2.33. The summed E-state index contributed by atoms with van der Waals surface area (Å²) < 4.78 is 2.16. The fraction of sp³-hybridized carbons (Fsp3) is 0. The third kappa shape index (κ3) is 0.918. The van der Waals surface area contributed by atoms with E-state index in [0.29, 0.717) is 15.9 Å². The fourth-order valence-electron chi connectivity index (χ4n) is 0.985. The van der Waals surface area contributed by atoms with E-state index in [2.05, 4.69) is 26.0 Å². The van der Waals surface area contributed by atoms with Crippen molar-refractivity contribution in [2.75, 3.05) is 5.73 Å². The first-order chi connectivity index (χ1) is 5.68. The summed E-state index contributed by atoms with van der Waals surface area (Å²) in [7, 11) is 0. The van der Waals surface area contributed by atoms with Gasteiger partial charge in [-0.1, -0.05) is 0 Å². The molecule has 0 atom stereocenters. The van der Waals surface area contributed by atoms with Crippen LogP contribution in [-0.4, -0.2) is 14.6 Å². The number of anilines is 1. The number of hydrogen-bond donors (Lipinski definition) is 2. The van der Waals surface area contributed by atoms with Crippen molar-refractivity contribution >= 4 is 27.4 Å². The average molecular weight is 229 g/mol. The Morgan fingerprint density at radius 3 is 3.17 bits per heavy atom. The molecule has 0 fully saturated rings. The molecule has 62 valence electrons. The minimum Gasteiger partial charge on any atom is -0.383 e. The van der Waals surface area contributed by atoms with Gasteiger partial charge in [0, 0.05) is 6.07 Å². The number of nitrogen functional groups attached to an aromatic ring is 1. The van der Waals surface area contributed by atoms with Gasteiger partial charge in [0.1, 0.15) is 5.82 Å². The van der Waals surface area contributed by atoms with E-state index in [1.165, 1.54) is 10.6 Å². The lowest BCUT2D eigenvalue weighted by molar-refractivity contribution is 0.944. The lowest BCUT2D eigenvalue weighted by Gasteiger charge is -1.96. The third-order valence-corrected chi connectivity index (χ3v) is 2.07. The lowest BCUT2D eigenvalue weighted by Crippen LogP contribution is -2.10. The summed E-state index contributed by atoms with van der Waals surface area (Å²) in [6, 6.07) is 1.28. The van der Waals surface area contributed by atoms with Gasteiger partial charge in [-0.25, -0.2) is 4.52 Å². The second-order valence-corrected chi connectivity index (χ2v) is 3.17. The van der Waals surface area contributed by atoms with Crippen LogP contribution < -0.4 is 11.3 Å². The van der Waals surface area contributed by atoms with E-state index in [-0.39, 0.29) is 5.56 Å². The monoisotopic (exact) mass is 228 g/mol. The van der Waals surface area contributed by atoms with E-state index in [0.717, 1.165) is 0 Å². The first-order valence-electron chi connectivity index (χ1n) is 3.20. The lowest BCUT2D eigenvalue weighted by atomic mass is 10.5. The van der Waals surface area contributed by atoms with Crippen LogP contribution in [-0.2, 0) is 0 Å². The minimum atomic E-state index is -0.235. The second kappa shape index (κ2) is 2.34. The number of nitrogens with zero attached hydrogens (tertiary/aromatic N) is 2. The molecule has 5 nitrogen and oxygen atoms in total. The first-order valence-corrected chi connectivity index (χ1v) is 4.00. The zero-order valence-electron chi connectivity index (χ0n) is 5.91. The van der Waals surface area contributed by atoms with Crippen molar-refractivity contribution in [1.82, 2.24) is 14.6 Å². The Morgan fingerprint density at radius 2 is 2.42 bits per heavy atom. The van der Waals surface area contributed by atoms with Crippen molar-refractivity contribution in [2.45, 2.75) is 0 Å². The smallest absolute Gasteiger partial charge is 0.253 e. The van der Waals surface area contributed by atoms with Crippen molar-refractivity contribution in [3.63, 3.8) is 0 Å². The molecule has 0 unspecified atom stereocenters. The summed E-state index contributed by atoms with van der Waals surface area (Å²) in [5, 5.41) is 3.93. The molecule has 12 heavy (non-hydrogen) atoms. The maximum atomic E-state index is 11.0. The molecule has 0 aliphatic rings. The van der Waals surface area contributed by atoms with Crippen molar-refractivity contribution in [2.24, 2.45) is 0 Å². The summed E-state index contributed by atoms with van der Waals surface area (Å²) in [6.07, 6.45) is 1.57. The number of H-pyrrole nitrogens is 1. The number of hydrogen-bond acceptors (Lipinski definition) is 3. The summed E-state index contributed by atoms with van der Waals surface area (Å²) in [4.78, 5) is 13.6. The van der Waals surface area contributed by atoms with E-state index < -0.39 is 0 Å². The Hall–Kier alpha value is -1.30. The Kier molecular flexibility index (Phi) is 1.44.